The molecule has 0 aromatic heterocycles. The van der Waals surface area contributed by atoms with E-state index in [2.05, 4.69) is 36.1 Å². The summed E-state index contributed by atoms with van der Waals surface area (Å²) in [5.41, 5.74) is 2.71. The fourth-order valence-electron chi connectivity index (χ4n) is 2.74. The third-order valence-corrected chi connectivity index (χ3v) is 3.80. The maximum absolute atomic E-state index is 11.1. The quantitative estimate of drug-likeness (QED) is 0.869. The summed E-state index contributed by atoms with van der Waals surface area (Å²) in [6.07, 6.45) is 3.89. The van der Waals surface area contributed by atoms with Crippen LogP contribution in [0.5, 0.6) is 0 Å². The average molecular weight is 247 g/mol. The first kappa shape index (κ1) is 13.1. The fourth-order valence-corrected chi connectivity index (χ4v) is 2.74. The van der Waals surface area contributed by atoms with Crippen LogP contribution in [0.15, 0.2) is 24.3 Å². The summed E-state index contributed by atoms with van der Waals surface area (Å²) in [7, 11) is 0. The Bertz CT molecular complexity index is 417. The van der Waals surface area contributed by atoms with E-state index in [4.69, 9.17) is 5.11 Å². The molecule has 3 nitrogen and oxygen atoms in total. The molecule has 18 heavy (non-hydrogen) atoms. The number of carbonyl (C=O) groups is 1. The molecule has 0 aliphatic carbocycles. The molecule has 1 saturated heterocycles. The van der Waals surface area contributed by atoms with Crippen LogP contribution in [0.4, 0.5) is 0 Å². The zero-order valence-corrected chi connectivity index (χ0v) is 10.9. The van der Waals surface area contributed by atoms with Gasteiger partial charge in [0, 0.05) is 0 Å². The number of aryl methyl sites for hydroxylation is 2. The van der Waals surface area contributed by atoms with E-state index in [1.165, 1.54) is 11.1 Å². The zero-order chi connectivity index (χ0) is 13.0. The first-order valence-corrected chi connectivity index (χ1v) is 6.70. The van der Waals surface area contributed by atoms with Crippen LogP contribution >= 0.6 is 0 Å². The molecule has 1 N–H and O–H groups in total. The molecular weight excluding hydrogens is 226 g/mol. The summed E-state index contributed by atoms with van der Waals surface area (Å²) in [5.74, 6) is -0.664. The Morgan fingerprint density at radius 1 is 1.44 bits per heavy atom. The van der Waals surface area contributed by atoms with Crippen molar-refractivity contribution in [2.24, 2.45) is 0 Å². The van der Waals surface area contributed by atoms with Crippen molar-refractivity contribution in [3.8, 4) is 0 Å². The van der Waals surface area contributed by atoms with Crippen molar-refractivity contribution in [3.05, 3.63) is 35.4 Å². The maximum atomic E-state index is 11.1. The first-order valence-electron chi connectivity index (χ1n) is 6.70. The molecule has 2 rings (SSSR count). The van der Waals surface area contributed by atoms with Crippen LogP contribution in [0.2, 0.25) is 0 Å². The minimum atomic E-state index is -0.664. The van der Waals surface area contributed by atoms with E-state index in [9.17, 15) is 4.79 Å². The van der Waals surface area contributed by atoms with Crippen molar-refractivity contribution in [2.75, 3.05) is 13.1 Å². The number of hydrogen-bond acceptors (Lipinski definition) is 2. The summed E-state index contributed by atoms with van der Waals surface area (Å²) in [6.45, 7) is 3.96. The minimum absolute atomic E-state index is 0.248. The highest BCUT2D eigenvalue weighted by atomic mass is 16.4. The molecule has 1 aromatic carbocycles. The second kappa shape index (κ2) is 6.01. The van der Waals surface area contributed by atoms with Gasteiger partial charge < -0.3 is 5.11 Å². The number of nitrogens with zero attached hydrogens (tertiary/aromatic N) is 1. The lowest BCUT2D eigenvalue weighted by Crippen LogP contribution is -2.36. The highest BCUT2D eigenvalue weighted by Gasteiger charge is 2.29. The van der Waals surface area contributed by atoms with E-state index in [0.717, 1.165) is 38.8 Å². The highest BCUT2D eigenvalue weighted by Crippen LogP contribution is 2.18. The lowest BCUT2D eigenvalue weighted by atomic mass is 10.0. The van der Waals surface area contributed by atoms with Crippen molar-refractivity contribution in [1.82, 2.24) is 4.90 Å². The average Bonchev–Trinajstić information content (AvgIpc) is 2.80. The molecule has 98 valence electrons. The topological polar surface area (TPSA) is 40.5 Å². The summed E-state index contributed by atoms with van der Waals surface area (Å²) < 4.78 is 0. The van der Waals surface area contributed by atoms with Gasteiger partial charge in [-0.05, 0) is 56.8 Å². The van der Waals surface area contributed by atoms with Gasteiger partial charge in [-0.25, -0.2) is 0 Å². The molecule has 1 aromatic rings. The Kier molecular flexibility index (Phi) is 4.37. The van der Waals surface area contributed by atoms with Gasteiger partial charge in [-0.15, -0.1) is 0 Å². The number of rotatable bonds is 5. The molecule has 0 radical (unpaired) electrons. The zero-order valence-electron chi connectivity index (χ0n) is 10.9. The Labute approximate surface area is 108 Å². The van der Waals surface area contributed by atoms with Crippen LogP contribution in [0.25, 0.3) is 0 Å². The molecule has 0 spiro atoms. The third kappa shape index (κ3) is 3.10. The van der Waals surface area contributed by atoms with E-state index in [1.54, 1.807) is 0 Å². The molecule has 1 aliphatic rings. The van der Waals surface area contributed by atoms with Crippen molar-refractivity contribution in [2.45, 2.75) is 38.6 Å². The van der Waals surface area contributed by atoms with E-state index in [0.29, 0.717) is 0 Å². The molecule has 0 saturated carbocycles. The van der Waals surface area contributed by atoms with Crippen molar-refractivity contribution in [1.29, 1.82) is 0 Å². The fraction of sp³-hybridized carbons (Fsp3) is 0.533. The molecule has 0 bridgehead atoms. The lowest BCUT2D eigenvalue weighted by Gasteiger charge is -2.20. The first-order chi connectivity index (χ1) is 8.68. The number of hydrogen-bond donors (Lipinski definition) is 1. The SMILES string of the molecule is Cc1ccccc1CCCN1CCCC1C(=O)O. The Hall–Kier alpha value is -1.35. The normalized spacial score (nSPS) is 20.2. The summed E-state index contributed by atoms with van der Waals surface area (Å²) in [6, 6.07) is 8.17. The van der Waals surface area contributed by atoms with Gasteiger partial charge in [0.25, 0.3) is 0 Å². The van der Waals surface area contributed by atoms with Gasteiger partial charge in [0.05, 0.1) is 0 Å². The van der Waals surface area contributed by atoms with Crippen molar-refractivity contribution in [3.63, 3.8) is 0 Å². The summed E-state index contributed by atoms with van der Waals surface area (Å²) in [5, 5.41) is 9.10. The predicted molar refractivity (Wildman–Crippen MR) is 71.7 cm³/mol. The van der Waals surface area contributed by atoms with Crippen LogP contribution in [0.1, 0.15) is 30.4 Å². The standard InChI is InChI=1S/C15H21NO2/c1-12-6-2-3-7-13(12)8-4-10-16-11-5-9-14(16)15(17)18/h2-3,6-7,14H,4-5,8-11H2,1H3,(H,17,18). The molecular formula is C15H21NO2. The molecule has 1 heterocycles. The minimum Gasteiger partial charge on any atom is -0.480 e. The number of carboxylic acid groups (broad SMARTS) is 1. The highest BCUT2D eigenvalue weighted by molar-refractivity contribution is 5.73. The smallest absolute Gasteiger partial charge is 0.320 e. The Morgan fingerprint density at radius 2 is 2.22 bits per heavy atom. The molecule has 1 fully saturated rings. The summed E-state index contributed by atoms with van der Waals surface area (Å²) >= 11 is 0. The maximum Gasteiger partial charge on any atom is 0.320 e. The predicted octanol–water partition coefficient (Wildman–Crippen LogP) is 2.48. The van der Waals surface area contributed by atoms with Gasteiger partial charge >= 0.3 is 5.97 Å². The Balaban J connectivity index is 1.82. The van der Waals surface area contributed by atoms with Crippen molar-refractivity contribution < 1.29 is 9.90 Å². The van der Waals surface area contributed by atoms with Crippen LogP contribution < -0.4 is 0 Å². The van der Waals surface area contributed by atoms with E-state index in [1.807, 2.05) is 0 Å². The van der Waals surface area contributed by atoms with Gasteiger partial charge in [0.2, 0.25) is 0 Å². The molecule has 3 heteroatoms. The lowest BCUT2D eigenvalue weighted by molar-refractivity contribution is -0.142. The Morgan fingerprint density at radius 3 is 2.94 bits per heavy atom. The van der Waals surface area contributed by atoms with Crippen LogP contribution in [-0.4, -0.2) is 35.1 Å². The van der Waals surface area contributed by atoms with Crippen molar-refractivity contribution >= 4 is 5.97 Å². The number of carboxylic acids is 1. The number of benzene rings is 1. The second-order valence-electron chi connectivity index (χ2n) is 5.06. The van der Waals surface area contributed by atoms with Crippen LogP contribution in [0.3, 0.4) is 0 Å². The van der Waals surface area contributed by atoms with E-state index in [-0.39, 0.29) is 6.04 Å². The van der Waals surface area contributed by atoms with E-state index < -0.39 is 5.97 Å². The number of aliphatic carboxylic acids is 1. The van der Waals surface area contributed by atoms with Crippen LogP contribution in [0, 0.1) is 6.92 Å². The van der Waals surface area contributed by atoms with E-state index >= 15 is 0 Å². The van der Waals surface area contributed by atoms with Gasteiger partial charge in [-0.1, -0.05) is 24.3 Å². The second-order valence-corrected chi connectivity index (χ2v) is 5.06. The van der Waals surface area contributed by atoms with Gasteiger partial charge in [0.1, 0.15) is 6.04 Å². The van der Waals surface area contributed by atoms with Gasteiger partial charge in [-0.3, -0.25) is 9.69 Å². The summed E-state index contributed by atoms with van der Waals surface area (Å²) in [4.78, 5) is 13.2. The molecule has 1 atom stereocenters. The largest absolute Gasteiger partial charge is 0.480 e. The van der Waals surface area contributed by atoms with Gasteiger partial charge in [0.15, 0.2) is 0 Å². The molecule has 1 unspecified atom stereocenters. The van der Waals surface area contributed by atoms with Gasteiger partial charge in [-0.2, -0.15) is 0 Å². The number of likely N-dealkylation sites (tertiary alicyclic amines) is 1. The third-order valence-electron chi connectivity index (χ3n) is 3.80. The molecule has 1 aliphatic heterocycles. The molecule has 0 amide bonds. The van der Waals surface area contributed by atoms with Crippen LogP contribution in [-0.2, 0) is 11.2 Å². The monoisotopic (exact) mass is 247 g/mol.